The van der Waals surface area contributed by atoms with Gasteiger partial charge in [-0.05, 0) is 40.0 Å². The van der Waals surface area contributed by atoms with E-state index in [0.717, 1.165) is 19.6 Å². The highest BCUT2D eigenvalue weighted by Crippen LogP contribution is 2.31. The van der Waals surface area contributed by atoms with Crippen LogP contribution >= 0.6 is 0 Å². The summed E-state index contributed by atoms with van der Waals surface area (Å²) < 4.78 is 11.8. The van der Waals surface area contributed by atoms with Gasteiger partial charge >= 0.3 is 0 Å². The number of rotatable bonds is 2. The molecule has 2 heterocycles. The number of nitrogens with one attached hydrogen (secondary N) is 1. The largest absolute Gasteiger partial charge is 0.378 e. The molecule has 3 heteroatoms. The van der Waals surface area contributed by atoms with E-state index in [1.54, 1.807) is 0 Å². The van der Waals surface area contributed by atoms with Gasteiger partial charge in [-0.25, -0.2) is 0 Å². The Balaban J connectivity index is 1.88. The fraction of sp³-hybridized carbons (Fsp3) is 1.00. The maximum absolute atomic E-state index is 6.05. The molecule has 2 aliphatic heterocycles. The molecular formula is C12H23NO2. The van der Waals surface area contributed by atoms with Crippen LogP contribution in [0.5, 0.6) is 0 Å². The molecule has 0 aromatic rings. The molecule has 1 N–H and O–H groups in total. The first-order chi connectivity index (χ1) is 6.99. The fourth-order valence-corrected chi connectivity index (χ4v) is 2.60. The summed E-state index contributed by atoms with van der Waals surface area (Å²) in [4.78, 5) is 0. The maximum Gasteiger partial charge on any atom is 0.119 e. The Kier molecular flexibility index (Phi) is 3.06. The first-order valence-electron chi connectivity index (χ1n) is 6.06. The summed E-state index contributed by atoms with van der Waals surface area (Å²) in [6, 6.07) is 0. The van der Waals surface area contributed by atoms with Crippen molar-refractivity contribution in [1.29, 1.82) is 0 Å². The van der Waals surface area contributed by atoms with E-state index in [1.807, 2.05) is 0 Å². The molecule has 15 heavy (non-hydrogen) atoms. The highest BCUT2D eigenvalue weighted by molar-refractivity contribution is 4.91. The van der Waals surface area contributed by atoms with Crippen LogP contribution in [0.25, 0.3) is 0 Å². The average Bonchev–Trinajstić information content (AvgIpc) is 2.42. The van der Waals surface area contributed by atoms with Gasteiger partial charge in [0.1, 0.15) is 5.72 Å². The minimum atomic E-state index is -0.189. The van der Waals surface area contributed by atoms with Crippen LogP contribution in [0.15, 0.2) is 0 Å². The van der Waals surface area contributed by atoms with Gasteiger partial charge in [0.2, 0.25) is 0 Å². The minimum absolute atomic E-state index is 0.0383. The van der Waals surface area contributed by atoms with Crippen LogP contribution in [-0.4, -0.2) is 30.6 Å². The zero-order valence-corrected chi connectivity index (χ0v) is 10.1. The van der Waals surface area contributed by atoms with Gasteiger partial charge in [0.25, 0.3) is 0 Å². The molecule has 0 spiro atoms. The second kappa shape index (κ2) is 4.04. The lowest BCUT2D eigenvalue weighted by Crippen LogP contribution is -2.42. The molecule has 2 saturated heterocycles. The summed E-state index contributed by atoms with van der Waals surface area (Å²) in [5, 5.41) is 3.47. The Bertz CT molecular complexity index is 224. The first-order valence-corrected chi connectivity index (χ1v) is 6.06. The van der Waals surface area contributed by atoms with Crippen LogP contribution < -0.4 is 5.32 Å². The van der Waals surface area contributed by atoms with Gasteiger partial charge in [-0.2, -0.15) is 0 Å². The van der Waals surface area contributed by atoms with E-state index in [1.165, 1.54) is 19.3 Å². The normalized spacial score (nSPS) is 40.6. The van der Waals surface area contributed by atoms with Gasteiger partial charge in [0, 0.05) is 19.6 Å². The number of ether oxygens (including phenoxy) is 2. The lowest BCUT2D eigenvalue weighted by atomic mass is 10.0. The van der Waals surface area contributed by atoms with Crippen LogP contribution in [-0.2, 0) is 9.47 Å². The molecule has 88 valence electrons. The third-order valence-electron chi connectivity index (χ3n) is 3.28. The second-order valence-electron chi connectivity index (χ2n) is 5.64. The van der Waals surface area contributed by atoms with Crippen LogP contribution in [0.3, 0.4) is 0 Å². The summed E-state index contributed by atoms with van der Waals surface area (Å²) in [5.74, 6) is 0. The molecule has 0 aliphatic carbocycles. The van der Waals surface area contributed by atoms with Gasteiger partial charge in [-0.1, -0.05) is 0 Å². The summed E-state index contributed by atoms with van der Waals surface area (Å²) >= 11 is 0. The highest BCUT2D eigenvalue weighted by atomic mass is 16.6. The zero-order valence-electron chi connectivity index (χ0n) is 10.1. The first kappa shape index (κ1) is 11.4. The predicted molar refractivity (Wildman–Crippen MR) is 59.8 cm³/mol. The second-order valence-corrected chi connectivity index (χ2v) is 5.64. The lowest BCUT2D eigenvalue weighted by molar-refractivity contribution is -0.114. The molecule has 2 aliphatic rings. The highest BCUT2D eigenvalue weighted by Gasteiger charge is 2.41. The van der Waals surface area contributed by atoms with Crippen LogP contribution in [0.1, 0.15) is 46.5 Å². The van der Waals surface area contributed by atoms with Crippen LogP contribution in [0.2, 0.25) is 0 Å². The summed E-state index contributed by atoms with van der Waals surface area (Å²) in [7, 11) is 0. The summed E-state index contributed by atoms with van der Waals surface area (Å²) in [6.45, 7) is 8.25. The van der Waals surface area contributed by atoms with E-state index in [4.69, 9.17) is 9.47 Å². The van der Waals surface area contributed by atoms with E-state index in [2.05, 4.69) is 26.1 Å². The van der Waals surface area contributed by atoms with Gasteiger partial charge in [-0.15, -0.1) is 0 Å². The molecule has 3 nitrogen and oxygen atoms in total. The summed E-state index contributed by atoms with van der Waals surface area (Å²) in [5.41, 5.74) is -0.227. The molecule has 0 aromatic heterocycles. The SMILES string of the molecule is CC1(C)CNC(C)(CC2CCCCO2)O1. The van der Waals surface area contributed by atoms with Crippen molar-refractivity contribution in [3.8, 4) is 0 Å². The van der Waals surface area contributed by atoms with Gasteiger partial charge in [0.15, 0.2) is 0 Å². The topological polar surface area (TPSA) is 30.5 Å². The number of hydrogen-bond donors (Lipinski definition) is 1. The molecule has 0 aromatic carbocycles. The fourth-order valence-electron chi connectivity index (χ4n) is 2.60. The van der Waals surface area contributed by atoms with Crippen molar-refractivity contribution in [2.24, 2.45) is 0 Å². The quantitative estimate of drug-likeness (QED) is 0.761. The molecule has 0 amide bonds. The molecular weight excluding hydrogens is 190 g/mol. The Morgan fingerprint density at radius 1 is 1.27 bits per heavy atom. The summed E-state index contributed by atoms with van der Waals surface area (Å²) in [6.07, 6.45) is 5.04. The van der Waals surface area contributed by atoms with Crippen molar-refractivity contribution in [2.45, 2.75) is 63.9 Å². The third-order valence-corrected chi connectivity index (χ3v) is 3.28. The Labute approximate surface area is 92.5 Å². The number of hydrogen-bond acceptors (Lipinski definition) is 3. The van der Waals surface area contributed by atoms with Gasteiger partial charge < -0.3 is 9.47 Å². The zero-order chi connectivity index (χ0) is 10.9. The van der Waals surface area contributed by atoms with Crippen LogP contribution in [0, 0.1) is 0 Å². The molecule has 2 rings (SSSR count). The lowest BCUT2D eigenvalue weighted by Gasteiger charge is -2.32. The van der Waals surface area contributed by atoms with Crippen molar-refractivity contribution in [2.75, 3.05) is 13.2 Å². The molecule has 0 bridgehead atoms. The molecule has 0 radical (unpaired) electrons. The van der Waals surface area contributed by atoms with E-state index in [0.29, 0.717) is 6.10 Å². The van der Waals surface area contributed by atoms with Crippen molar-refractivity contribution in [1.82, 2.24) is 5.32 Å². The molecule has 0 saturated carbocycles. The van der Waals surface area contributed by atoms with Gasteiger partial charge in [0.05, 0.1) is 11.7 Å². The van der Waals surface area contributed by atoms with E-state index < -0.39 is 0 Å². The standard InChI is InChI=1S/C12H23NO2/c1-11(2)9-13-12(3,15-11)8-10-6-4-5-7-14-10/h10,13H,4-9H2,1-3H3. The predicted octanol–water partition coefficient (Wildman–Crippen LogP) is 2.06. The van der Waals surface area contributed by atoms with E-state index >= 15 is 0 Å². The maximum atomic E-state index is 6.05. The molecule has 2 fully saturated rings. The Morgan fingerprint density at radius 2 is 2.07 bits per heavy atom. The van der Waals surface area contributed by atoms with Crippen molar-refractivity contribution >= 4 is 0 Å². The van der Waals surface area contributed by atoms with E-state index in [-0.39, 0.29) is 11.3 Å². The monoisotopic (exact) mass is 213 g/mol. The molecule has 2 atom stereocenters. The average molecular weight is 213 g/mol. The Morgan fingerprint density at radius 3 is 2.60 bits per heavy atom. The van der Waals surface area contributed by atoms with E-state index in [9.17, 15) is 0 Å². The van der Waals surface area contributed by atoms with Crippen molar-refractivity contribution < 1.29 is 9.47 Å². The van der Waals surface area contributed by atoms with Crippen molar-refractivity contribution in [3.05, 3.63) is 0 Å². The van der Waals surface area contributed by atoms with Gasteiger partial charge in [-0.3, -0.25) is 5.32 Å². The smallest absolute Gasteiger partial charge is 0.119 e. The minimum Gasteiger partial charge on any atom is -0.378 e. The third kappa shape index (κ3) is 2.92. The van der Waals surface area contributed by atoms with Crippen molar-refractivity contribution in [3.63, 3.8) is 0 Å². The van der Waals surface area contributed by atoms with Crippen LogP contribution in [0.4, 0.5) is 0 Å². The molecule has 2 unspecified atom stereocenters. The Hall–Kier alpha value is -0.120.